The predicted octanol–water partition coefficient (Wildman–Crippen LogP) is 2.12. The Bertz CT molecular complexity index is 619. The van der Waals surface area contributed by atoms with Crippen LogP contribution < -0.4 is 5.73 Å². The lowest BCUT2D eigenvalue weighted by Crippen LogP contribution is -2.42. The second kappa shape index (κ2) is 8.02. The van der Waals surface area contributed by atoms with E-state index < -0.39 is 5.91 Å². The summed E-state index contributed by atoms with van der Waals surface area (Å²) in [5.41, 5.74) is 7.48. The van der Waals surface area contributed by atoms with Gasteiger partial charge in [0.1, 0.15) is 0 Å². The van der Waals surface area contributed by atoms with Crippen molar-refractivity contribution in [2.45, 2.75) is 63.7 Å². The van der Waals surface area contributed by atoms with Crippen molar-refractivity contribution < 1.29 is 9.59 Å². The van der Waals surface area contributed by atoms with E-state index in [0.29, 0.717) is 12.5 Å². The molecule has 0 bridgehead atoms. The van der Waals surface area contributed by atoms with Gasteiger partial charge < -0.3 is 10.6 Å². The van der Waals surface area contributed by atoms with Crippen LogP contribution in [0.2, 0.25) is 0 Å². The quantitative estimate of drug-likeness (QED) is 0.857. The zero-order valence-electron chi connectivity index (χ0n) is 15.2. The van der Waals surface area contributed by atoms with Crippen LogP contribution >= 0.6 is 0 Å². The Hall–Kier alpha value is -1.85. The van der Waals surface area contributed by atoms with Crippen LogP contribution in [0.15, 0.2) is 6.20 Å². The topological polar surface area (TPSA) is 81.2 Å². The predicted molar refractivity (Wildman–Crippen MR) is 95.9 cm³/mol. The molecule has 2 amide bonds. The molecule has 1 fully saturated rings. The summed E-state index contributed by atoms with van der Waals surface area (Å²) in [7, 11) is 1.89. The molecule has 3 rings (SSSR count). The van der Waals surface area contributed by atoms with E-state index in [2.05, 4.69) is 5.10 Å². The number of amides is 2. The van der Waals surface area contributed by atoms with Crippen LogP contribution in [0.1, 0.15) is 68.5 Å². The van der Waals surface area contributed by atoms with Gasteiger partial charge in [0.15, 0.2) is 0 Å². The number of carbonyl (C=O) groups is 2. The fraction of sp³-hybridized carbons (Fsp3) is 0.737. The van der Waals surface area contributed by atoms with Crippen LogP contribution in [0.3, 0.4) is 0 Å². The van der Waals surface area contributed by atoms with Crippen molar-refractivity contribution in [2.75, 3.05) is 13.1 Å². The lowest BCUT2D eigenvalue weighted by atomic mass is 9.85. The van der Waals surface area contributed by atoms with Crippen molar-refractivity contribution in [3.8, 4) is 0 Å². The highest BCUT2D eigenvalue weighted by Gasteiger charge is 2.32. The standard InChI is InChI=1S/C19H30N4O2/c1-22-12-16-15(8-5-9-17(16)21-22)19(25)23(13-18(20)24)11-10-14-6-3-2-4-7-14/h12,14-15H,2-11,13H2,1H3,(H2,20,24). The van der Waals surface area contributed by atoms with E-state index >= 15 is 0 Å². The molecule has 1 aromatic rings. The summed E-state index contributed by atoms with van der Waals surface area (Å²) in [5.74, 6) is 0.114. The lowest BCUT2D eigenvalue weighted by molar-refractivity contribution is -0.137. The molecular formula is C19H30N4O2. The minimum Gasteiger partial charge on any atom is -0.368 e. The first-order valence-electron chi connectivity index (χ1n) is 9.64. The van der Waals surface area contributed by atoms with Gasteiger partial charge in [-0.25, -0.2) is 0 Å². The summed E-state index contributed by atoms with van der Waals surface area (Å²) in [6, 6.07) is 0. The summed E-state index contributed by atoms with van der Waals surface area (Å²) in [6.45, 7) is 0.663. The molecule has 0 radical (unpaired) electrons. The van der Waals surface area contributed by atoms with Crippen LogP contribution in [-0.4, -0.2) is 39.6 Å². The maximum absolute atomic E-state index is 13.2. The number of hydrogen-bond donors (Lipinski definition) is 1. The average Bonchev–Trinajstić information content (AvgIpc) is 2.98. The Morgan fingerprint density at radius 3 is 2.72 bits per heavy atom. The third kappa shape index (κ3) is 4.41. The van der Waals surface area contributed by atoms with Gasteiger partial charge in [-0.1, -0.05) is 32.1 Å². The van der Waals surface area contributed by atoms with E-state index in [9.17, 15) is 9.59 Å². The highest BCUT2D eigenvalue weighted by Crippen LogP contribution is 2.33. The molecule has 6 nitrogen and oxygen atoms in total. The fourth-order valence-corrected chi connectivity index (χ4v) is 4.41. The van der Waals surface area contributed by atoms with Crippen LogP contribution in [0.4, 0.5) is 0 Å². The summed E-state index contributed by atoms with van der Waals surface area (Å²) in [6.07, 6.45) is 12.1. The molecule has 1 saturated carbocycles. The first-order valence-corrected chi connectivity index (χ1v) is 9.64. The molecule has 1 atom stereocenters. The Morgan fingerprint density at radius 1 is 1.24 bits per heavy atom. The number of fused-ring (bicyclic) bond motifs is 1. The first-order chi connectivity index (χ1) is 12.0. The number of aromatic nitrogens is 2. The number of nitrogens with zero attached hydrogens (tertiary/aromatic N) is 3. The second-order valence-electron chi connectivity index (χ2n) is 7.67. The van der Waals surface area contributed by atoms with Crippen molar-refractivity contribution in [3.63, 3.8) is 0 Å². The highest BCUT2D eigenvalue weighted by atomic mass is 16.2. The summed E-state index contributed by atoms with van der Waals surface area (Å²) in [4.78, 5) is 26.4. The molecule has 1 aromatic heterocycles. The second-order valence-corrected chi connectivity index (χ2v) is 7.67. The molecule has 2 aliphatic rings. The third-order valence-electron chi connectivity index (χ3n) is 5.71. The number of aryl methyl sites for hydroxylation is 2. The van der Waals surface area contributed by atoms with Crippen molar-refractivity contribution in [1.29, 1.82) is 0 Å². The smallest absolute Gasteiger partial charge is 0.237 e. The largest absolute Gasteiger partial charge is 0.368 e. The summed E-state index contributed by atoms with van der Waals surface area (Å²) >= 11 is 0. The van der Waals surface area contributed by atoms with Gasteiger partial charge in [0, 0.05) is 25.4 Å². The molecule has 1 unspecified atom stereocenters. The zero-order chi connectivity index (χ0) is 17.8. The monoisotopic (exact) mass is 346 g/mol. The molecule has 0 spiro atoms. The van der Waals surface area contributed by atoms with Crippen molar-refractivity contribution in [1.82, 2.24) is 14.7 Å². The van der Waals surface area contributed by atoms with Crippen LogP contribution in [0, 0.1) is 5.92 Å². The average molecular weight is 346 g/mol. The van der Waals surface area contributed by atoms with E-state index in [1.54, 1.807) is 9.58 Å². The lowest BCUT2D eigenvalue weighted by Gasteiger charge is -2.30. The maximum Gasteiger partial charge on any atom is 0.237 e. The highest BCUT2D eigenvalue weighted by molar-refractivity contribution is 5.88. The van der Waals surface area contributed by atoms with Gasteiger partial charge in [-0.2, -0.15) is 5.10 Å². The molecule has 2 N–H and O–H groups in total. The molecule has 6 heteroatoms. The molecule has 0 saturated heterocycles. The van der Waals surface area contributed by atoms with Gasteiger partial charge in [-0.05, 0) is 31.6 Å². The molecule has 1 heterocycles. The molecule has 0 aromatic carbocycles. The third-order valence-corrected chi connectivity index (χ3v) is 5.71. The molecular weight excluding hydrogens is 316 g/mol. The van der Waals surface area contributed by atoms with Gasteiger partial charge in [-0.15, -0.1) is 0 Å². The van der Waals surface area contributed by atoms with E-state index in [1.165, 1.54) is 32.1 Å². The van der Waals surface area contributed by atoms with Crippen molar-refractivity contribution in [3.05, 3.63) is 17.5 Å². The van der Waals surface area contributed by atoms with Gasteiger partial charge in [0.05, 0.1) is 18.2 Å². The van der Waals surface area contributed by atoms with E-state index in [4.69, 9.17) is 5.73 Å². The Labute approximate surface area is 149 Å². The normalized spacial score (nSPS) is 20.9. The van der Waals surface area contributed by atoms with Crippen molar-refractivity contribution in [2.24, 2.45) is 18.7 Å². The van der Waals surface area contributed by atoms with Crippen LogP contribution in [-0.2, 0) is 23.1 Å². The van der Waals surface area contributed by atoms with Gasteiger partial charge >= 0.3 is 0 Å². The number of primary amides is 1. The summed E-state index contributed by atoms with van der Waals surface area (Å²) in [5, 5.41) is 4.48. The number of nitrogens with two attached hydrogens (primary N) is 1. The van der Waals surface area contributed by atoms with Gasteiger partial charge in [0.25, 0.3) is 0 Å². The van der Waals surface area contributed by atoms with E-state index in [1.807, 2.05) is 13.2 Å². The number of hydrogen-bond acceptors (Lipinski definition) is 3. The zero-order valence-corrected chi connectivity index (χ0v) is 15.2. The molecule has 25 heavy (non-hydrogen) atoms. The first kappa shape index (κ1) is 18.0. The minimum absolute atomic E-state index is 0.0254. The van der Waals surface area contributed by atoms with Crippen molar-refractivity contribution >= 4 is 11.8 Å². The van der Waals surface area contributed by atoms with Crippen LogP contribution in [0.5, 0.6) is 0 Å². The number of carbonyl (C=O) groups excluding carboxylic acids is 2. The Kier molecular flexibility index (Phi) is 5.76. The summed E-state index contributed by atoms with van der Waals surface area (Å²) < 4.78 is 1.79. The fourth-order valence-electron chi connectivity index (χ4n) is 4.41. The maximum atomic E-state index is 13.2. The van der Waals surface area contributed by atoms with Gasteiger partial charge in [-0.3, -0.25) is 14.3 Å². The van der Waals surface area contributed by atoms with E-state index in [-0.39, 0.29) is 18.4 Å². The SMILES string of the molecule is Cn1cc2c(n1)CCCC2C(=O)N(CCC1CCCCC1)CC(N)=O. The van der Waals surface area contributed by atoms with Crippen LogP contribution in [0.25, 0.3) is 0 Å². The molecule has 0 aliphatic heterocycles. The van der Waals surface area contributed by atoms with E-state index in [0.717, 1.165) is 36.9 Å². The van der Waals surface area contributed by atoms with Gasteiger partial charge in [0.2, 0.25) is 11.8 Å². The number of rotatable bonds is 6. The Morgan fingerprint density at radius 2 is 2.00 bits per heavy atom. The molecule has 2 aliphatic carbocycles. The molecule has 138 valence electrons. The minimum atomic E-state index is -0.431. The Balaban J connectivity index is 1.69.